The fourth-order valence-corrected chi connectivity index (χ4v) is 0.805. The second kappa shape index (κ2) is 2.47. The molecule has 0 saturated carbocycles. The molecule has 1 rings (SSSR count). The Morgan fingerprint density at radius 2 is 2.50 bits per heavy atom. The van der Waals surface area contributed by atoms with Gasteiger partial charge in [0.15, 0.2) is 6.29 Å². The van der Waals surface area contributed by atoms with Crippen molar-refractivity contribution in [3.8, 4) is 0 Å². The predicted molar refractivity (Wildman–Crippen MR) is 38.7 cm³/mol. The summed E-state index contributed by atoms with van der Waals surface area (Å²) < 4.78 is 1.61. The first-order chi connectivity index (χ1) is 4.79. The molecule has 0 aliphatic rings. The van der Waals surface area contributed by atoms with Crippen molar-refractivity contribution in [2.45, 2.75) is 0 Å². The van der Waals surface area contributed by atoms with Crippen LogP contribution >= 0.6 is 0 Å². The maximum Gasteiger partial charge on any atom is 0.153 e. The first-order valence-corrected chi connectivity index (χ1v) is 2.89. The molecule has 0 aliphatic carbocycles. The highest BCUT2D eigenvalue weighted by Crippen LogP contribution is 2.04. The molecule has 0 amide bonds. The molecule has 0 aromatic carbocycles. The van der Waals surface area contributed by atoms with E-state index >= 15 is 0 Å². The van der Waals surface area contributed by atoms with Crippen molar-refractivity contribution in [3.63, 3.8) is 0 Å². The highest BCUT2D eigenvalue weighted by molar-refractivity contribution is 5.79. The second-order valence-corrected chi connectivity index (χ2v) is 1.93. The Morgan fingerprint density at radius 1 is 1.80 bits per heavy atom. The molecule has 0 aliphatic heterocycles. The average Bonchev–Trinajstić information content (AvgIpc) is 2.30. The Labute approximate surface area is 59.0 Å². The Hall–Kier alpha value is -1.38. The number of carbonyl (C=O) groups is 1. The van der Waals surface area contributed by atoms with Gasteiger partial charge in [-0.3, -0.25) is 9.48 Å². The lowest BCUT2D eigenvalue weighted by Crippen LogP contribution is -1.93. The van der Waals surface area contributed by atoms with Gasteiger partial charge in [0, 0.05) is 7.05 Å². The Balaban J connectivity index is 3.25. The van der Waals surface area contributed by atoms with E-state index in [1.54, 1.807) is 17.8 Å². The molecule has 1 aromatic rings. The van der Waals surface area contributed by atoms with Crippen molar-refractivity contribution in [3.05, 3.63) is 24.0 Å². The lowest BCUT2D eigenvalue weighted by atomic mass is 10.3. The quantitative estimate of drug-likeness (QED) is 0.565. The van der Waals surface area contributed by atoms with Gasteiger partial charge < -0.3 is 0 Å². The first-order valence-electron chi connectivity index (χ1n) is 2.89. The molecule has 3 nitrogen and oxygen atoms in total. The van der Waals surface area contributed by atoms with E-state index < -0.39 is 0 Å². The number of nitrogens with zero attached hydrogens (tertiary/aromatic N) is 2. The van der Waals surface area contributed by atoms with Crippen molar-refractivity contribution in [1.82, 2.24) is 9.78 Å². The fourth-order valence-electron chi connectivity index (χ4n) is 0.805. The Bertz CT molecular complexity index is 263. The highest BCUT2D eigenvalue weighted by atomic mass is 16.1. The average molecular weight is 136 g/mol. The first kappa shape index (κ1) is 6.74. The number of carbonyl (C=O) groups excluding carboxylic acids is 1. The molecule has 0 N–H and O–H groups in total. The number of hydrogen-bond acceptors (Lipinski definition) is 2. The summed E-state index contributed by atoms with van der Waals surface area (Å²) >= 11 is 0. The van der Waals surface area contributed by atoms with Crippen molar-refractivity contribution in [2.24, 2.45) is 7.05 Å². The molecular formula is C7H8N2O. The number of hydrogen-bond donors (Lipinski definition) is 0. The Morgan fingerprint density at radius 3 is 2.90 bits per heavy atom. The van der Waals surface area contributed by atoms with E-state index in [-0.39, 0.29) is 0 Å². The number of aryl methyl sites for hydroxylation is 1. The number of aromatic nitrogens is 2. The van der Waals surface area contributed by atoms with E-state index in [0.29, 0.717) is 5.56 Å². The summed E-state index contributed by atoms with van der Waals surface area (Å²) in [7, 11) is 1.77. The van der Waals surface area contributed by atoms with Gasteiger partial charge in [-0.2, -0.15) is 5.10 Å². The van der Waals surface area contributed by atoms with Crippen LogP contribution in [-0.4, -0.2) is 16.1 Å². The van der Waals surface area contributed by atoms with Crippen LogP contribution in [0.5, 0.6) is 0 Å². The fraction of sp³-hybridized carbons (Fsp3) is 0.143. The van der Waals surface area contributed by atoms with Crippen molar-refractivity contribution >= 4 is 12.4 Å². The molecule has 0 bridgehead atoms. The molecule has 1 aromatic heterocycles. The number of aldehydes is 1. The molecule has 10 heavy (non-hydrogen) atoms. The highest BCUT2D eigenvalue weighted by Gasteiger charge is 2.01. The largest absolute Gasteiger partial charge is 0.298 e. The SMILES string of the molecule is C=Cc1c(C=O)cnn1C. The van der Waals surface area contributed by atoms with Crippen molar-refractivity contribution in [2.75, 3.05) is 0 Å². The van der Waals surface area contributed by atoms with Crippen LogP contribution < -0.4 is 0 Å². The smallest absolute Gasteiger partial charge is 0.153 e. The van der Waals surface area contributed by atoms with E-state index in [1.165, 1.54) is 6.20 Å². The summed E-state index contributed by atoms with van der Waals surface area (Å²) in [4.78, 5) is 10.3. The van der Waals surface area contributed by atoms with Gasteiger partial charge in [0.25, 0.3) is 0 Å². The van der Waals surface area contributed by atoms with Crippen LogP contribution in [0.25, 0.3) is 6.08 Å². The van der Waals surface area contributed by atoms with Gasteiger partial charge in [-0.05, 0) is 6.08 Å². The Kier molecular flexibility index (Phi) is 1.67. The molecule has 0 radical (unpaired) electrons. The topological polar surface area (TPSA) is 34.9 Å². The molecule has 0 atom stereocenters. The molecule has 0 spiro atoms. The molecule has 52 valence electrons. The van der Waals surface area contributed by atoms with E-state index in [9.17, 15) is 4.79 Å². The van der Waals surface area contributed by atoms with E-state index in [1.807, 2.05) is 0 Å². The van der Waals surface area contributed by atoms with Gasteiger partial charge in [0.2, 0.25) is 0 Å². The minimum absolute atomic E-state index is 0.581. The standard InChI is InChI=1S/C7H8N2O/c1-3-7-6(5-10)4-8-9(7)2/h3-5H,1H2,2H3. The van der Waals surface area contributed by atoms with Gasteiger partial charge in [-0.1, -0.05) is 6.58 Å². The van der Waals surface area contributed by atoms with Gasteiger partial charge in [-0.25, -0.2) is 0 Å². The zero-order valence-electron chi connectivity index (χ0n) is 5.74. The van der Waals surface area contributed by atoms with Crippen molar-refractivity contribution < 1.29 is 4.79 Å². The maximum atomic E-state index is 10.3. The van der Waals surface area contributed by atoms with Crippen LogP contribution in [0.15, 0.2) is 12.8 Å². The summed E-state index contributed by atoms with van der Waals surface area (Å²) in [6, 6.07) is 0. The summed E-state index contributed by atoms with van der Waals surface area (Å²) in [6.07, 6.45) is 3.89. The summed E-state index contributed by atoms with van der Waals surface area (Å²) in [5, 5.41) is 3.87. The lowest BCUT2D eigenvalue weighted by Gasteiger charge is -1.92. The van der Waals surface area contributed by atoms with Crippen LogP contribution in [0, 0.1) is 0 Å². The van der Waals surface area contributed by atoms with Crippen LogP contribution in [-0.2, 0) is 7.05 Å². The normalized spacial score (nSPS) is 9.30. The molecular weight excluding hydrogens is 128 g/mol. The second-order valence-electron chi connectivity index (χ2n) is 1.93. The molecule has 3 heteroatoms. The van der Waals surface area contributed by atoms with Crippen molar-refractivity contribution in [1.29, 1.82) is 0 Å². The van der Waals surface area contributed by atoms with Gasteiger partial charge in [0.05, 0.1) is 17.5 Å². The predicted octanol–water partition coefficient (Wildman–Crippen LogP) is 0.876. The van der Waals surface area contributed by atoms with Crippen LogP contribution in [0.4, 0.5) is 0 Å². The third kappa shape index (κ3) is 0.857. The summed E-state index contributed by atoms with van der Waals surface area (Å²) in [5.41, 5.74) is 1.34. The third-order valence-corrected chi connectivity index (χ3v) is 1.33. The molecule has 0 unspecified atom stereocenters. The zero-order valence-corrected chi connectivity index (χ0v) is 5.74. The minimum Gasteiger partial charge on any atom is -0.298 e. The molecule has 1 heterocycles. The third-order valence-electron chi connectivity index (χ3n) is 1.33. The van der Waals surface area contributed by atoms with E-state index in [0.717, 1.165) is 12.0 Å². The van der Waals surface area contributed by atoms with Gasteiger partial charge >= 0.3 is 0 Å². The summed E-state index contributed by atoms with van der Waals surface area (Å²) in [6.45, 7) is 3.55. The van der Waals surface area contributed by atoms with Crippen LogP contribution in [0.2, 0.25) is 0 Å². The number of rotatable bonds is 2. The van der Waals surface area contributed by atoms with Gasteiger partial charge in [-0.15, -0.1) is 0 Å². The van der Waals surface area contributed by atoms with Crippen LogP contribution in [0.3, 0.4) is 0 Å². The van der Waals surface area contributed by atoms with E-state index in [2.05, 4.69) is 11.7 Å². The van der Waals surface area contributed by atoms with Crippen LogP contribution in [0.1, 0.15) is 16.1 Å². The summed E-state index contributed by atoms with van der Waals surface area (Å²) in [5.74, 6) is 0. The van der Waals surface area contributed by atoms with Gasteiger partial charge in [0.1, 0.15) is 0 Å². The maximum absolute atomic E-state index is 10.3. The molecule has 0 fully saturated rings. The van der Waals surface area contributed by atoms with E-state index in [4.69, 9.17) is 0 Å². The molecule has 0 saturated heterocycles. The minimum atomic E-state index is 0.581. The monoisotopic (exact) mass is 136 g/mol. The zero-order chi connectivity index (χ0) is 7.56. The lowest BCUT2D eigenvalue weighted by molar-refractivity contribution is 0.112.